The van der Waals surface area contributed by atoms with Crippen molar-refractivity contribution >= 4 is 24.8 Å². The Morgan fingerprint density at radius 3 is 2.20 bits per heavy atom. The maximum atomic E-state index is 8.41. The van der Waals surface area contributed by atoms with E-state index in [9.17, 15) is 0 Å². The molecule has 0 bridgehead atoms. The van der Waals surface area contributed by atoms with Crippen molar-refractivity contribution in [3.63, 3.8) is 0 Å². The molecule has 0 saturated carbocycles. The molecule has 1 rings (SSSR count). The summed E-state index contributed by atoms with van der Waals surface area (Å²) in [6.45, 7) is 2.96. The molecule has 1 aliphatic rings. The van der Waals surface area contributed by atoms with Gasteiger partial charge in [-0.1, -0.05) is 0 Å². The van der Waals surface area contributed by atoms with Crippen LogP contribution < -0.4 is 5.73 Å². The summed E-state index contributed by atoms with van der Waals surface area (Å²) in [5, 5.41) is 8.41. The number of nitrogens with two attached hydrogens (primary N) is 1. The van der Waals surface area contributed by atoms with E-state index in [1.54, 1.807) is 0 Å². The van der Waals surface area contributed by atoms with Crippen LogP contribution in [-0.4, -0.2) is 42.3 Å². The molecule has 3 N–H and O–H groups in total. The second kappa shape index (κ2) is 6.19. The summed E-state index contributed by atoms with van der Waals surface area (Å²) >= 11 is 0. The maximum Gasteiger partial charge on any atom is 0.0558 e. The minimum atomic E-state index is 0. The summed E-state index contributed by atoms with van der Waals surface area (Å²) in [4.78, 5) is 2.13. The molecule has 1 fully saturated rings. The van der Waals surface area contributed by atoms with Crippen LogP contribution in [0.3, 0.4) is 0 Å². The van der Waals surface area contributed by atoms with Gasteiger partial charge in [0.2, 0.25) is 0 Å². The molecule has 0 spiro atoms. The van der Waals surface area contributed by atoms with Gasteiger partial charge < -0.3 is 10.8 Å². The average molecular weight is 189 g/mol. The lowest BCUT2D eigenvalue weighted by atomic mass is 10.1. The Labute approximate surface area is 73.4 Å². The van der Waals surface area contributed by atoms with E-state index in [0.717, 1.165) is 19.6 Å². The van der Waals surface area contributed by atoms with Crippen LogP contribution in [0, 0.1) is 0 Å². The first-order valence-corrected chi connectivity index (χ1v) is 2.91. The Morgan fingerprint density at radius 2 is 1.90 bits per heavy atom. The lowest BCUT2D eigenvalue weighted by Crippen LogP contribution is -2.56. The number of aliphatic hydroxyl groups is 1. The van der Waals surface area contributed by atoms with Crippen molar-refractivity contribution < 1.29 is 5.11 Å². The smallest absolute Gasteiger partial charge is 0.0558 e. The van der Waals surface area contributed by atoms with Gasteiger partial charge in [-0.3, -0.25) is 4.90 Å². The highest BCUT2D eigenvalue weighted by Crippen LogP contribution is 2.02. The van der Waals surface area contributed by atoms with Crippen molar-refractivity contribution in [2.75, 3.05) is 26.2 Å². The monoisotopic (exact) mass is 188 g/mol. The minimum Gasteiger partial charge on any atom is -0.395 e. The first-order chi connectivity index (χ1) is 3.83. The van der Waals surface area contributed by atoms with Gasteiger partial charge in [0.15, 0.2) is 0 Å². The molecule has 10 heavy (non-hydrogen) atoms. The third-order valence-electron chi connectivity index (χ3n) is 1.40. The molecule has 5 heteroatoms. The molecule has 0 aliphatic carbocycles. The summed E-state index contributed by atoms with van der Waals surface area (Å²) in [5.41, 5.74) is 5.48. The number of β-amino-alcohol motifs (C(OH)–C–C–N with tert-alkyl or cyclic N) is 1. The Morgan fingerprint density at radius 1 is 1.40 bits per heavy atom. The lowest BCUT2D eigenvalue weighted by Gasteiger charge is -2.36. The quantitative estimate of drug-likeness (QED) is 0.613. The van der Waals surface area contributed by atoms with Gasteiger partial charge in [0.1, 0.15) is 0 Å². The number of aliphatic hydroxyl groups excluding tert-OH is 1. The molecule has 0 atom stereocenters. The molecule has 1 saturated heterocycles. The standard InChI is InChI=1S/C5H12N2O.2ClH/c6-5-3-7(4-5)1-2-8;;/h5,8H,1-4,6H2;2*1H. The van der Waals surface area contributed by atoms with E-state index >= 15 is 0 Å². The van der Waals surface area contributed by atoms with E-state index in [2.05, 4.69) is 4.90 Å². The van der Waals surface area contributed by atoms with Crippen molar-refractivity contribution in [2.45, 2.75) is 6.04 Å². The second-order valence-electron chi connectivity index (χ2n) is 2.24. The molecule has 64 valence electrons. The van der Waals surface area contributed by atoms with Gasteiger partial charge in [0, 0.05) is 25.7 Å². The number of hydrogen-bond donors (Lipinski definition) is 2. The molecular weight excluding hydrogens is 175 g/mol. The molecule has 1 aliphatic heterocycles. The predicted octanol–water partition coefficient (Wildman–Crippen LogP) is -0.535. The van der Waals surface area contributed by atoms with Gasteiger partial charge in [-0.2, -0.15) is 0 Å². The fourth-order valence-electron chi connectivity index (χ4n) is 0.934. The number of rotatable bonds is 2. The van der Waals surface area contributed by atoms with Crippen molar-refractivity contribution in [1.82, 2.24) is 4.90 Å². The minimum absolute atomic E-state index is 0. The van der Waals surface area contributed by atoms with Crippen LogP contribution >= 0.6 is 24.8 Å². The van der Waals surface area contributed by atoms with Gasteiger partial charge in [0.05, 0.1) is 6.61 Å². The summed E-state index contributed by atoms with van der Waals surface area (Å²) in [7, 11) is 0. The van der Waals surface area contributed by atoms with Crippen LogP contribution in [0.4, 0.5) is 0 Å². The highest BCUT2D eigenvalue weighted by atomic mass is 35.5. The van der Waals surface area contributed by atoms with Crippen molar-refractivity contribution in [2.24, 2.45) is 5.73 Å². The summed E-state index contributed by atoms with van der Waals surface area (Å²) in [6.07, 6.45) is 0. The van der Waals surface area contributed by atoms with Crippen LogP contribution in [0.1, 0.15) is 0 Å². The van der Waals surface area contributed by atoms with E-state index < -0.39 is 0 Å². The molecule has 3 nitrogen and oxygen atoms in total. The second-order valence-corrected chi connectivity index (χ2v) is 2.24. The number of halogens is 2. The van der Waals surface area contributed by atoms with E-state index in [4.69, 9.17) is 10.8 Å². The van der Waals surface area contributed by atoms with Crippen LogP contribution in [0.2, 0.25) is 0 Å². The number of likely N-dealkylation sites (tertiary alicyclic amines) is 1. The number of nitrogens with zero attached hydrogens (tertiary/aromatic N) is 1. The van der Waals surface area contributed by atoms with Crippen molar-refractivity contribution in [3.05, 3.63) is 0 Å². The zero-order chi connectivity index (χ0) is 5.98. The lowest BCUT2D eigenvalue weighted by molar-refractivity contribution is 0.118. The molecule has 0 aromatic carbocycles. The molecule has 0 aromatic rings. The van der Waals surface area contributed by atoms with Crippen LogP contribution in [0.15, 0.2) is 0 Å². The van der Waals surface area contributed by atoms with Gasteiger partial charge in [-0.15, -0.1) is 24.8 Å². The third-order valence-corrected chi connectivity index (χ3v) is 1.40. The largest absolute Gasteiger partial charge is 0.395 e. The van der Waals surface area contributed by atoms with E-state index in [1.165, 1.54) is 0 Å². The van der Waals surface area contributed by atoms with Gasteiger partial charge in [-0.05, 0) is 0 Å². The highest BCUT2D eigenvalue weighted by molar-refractivity contribution is 5.85. The average Bonchev–Trinajstić information content (AvgIpc) is 1.64. The summed E-state index contributed by atoms with van der Waals surface area (Å²) < 4.78 is 0. The third kappa shape index (κ3) is 3.58. The summed E-state index contributed by atoms with van der Waals surface area (Å²) in [6, 6.07) is 0.363. The van der Waals surface area contributed by atoms with Crippen LogP contribution in [-0.2, 0) is 0 Å². The van der Waals surface area contributed by atoms with Gasteiger partial charge >= 0.3 is 0 Å². The first kappa shape index (κ1) is 13.1. The number of hydrogen-bond acceptors (Lipinski definition) is 3. The molecule has 0 unspecified atom stereocenters. The zero-order valence-electron chi connectivity index (χ0n) is 5.69. The zero-order valence-corrected chi connectivity index (χ0v) is 7.33. The van der Waals surface area contributed by atoms with Gasteiger partial charge in [0.25, 0.3) is 0 Å². The van der Waals surface area contributed by atoms with Gasteiger partial charge in [-0.25, -0.2) is 0 Å². The Hall–Kier alpha value is 0.460. The predicted molar refractivity (Wildman–Crippen MR) is 46.0 cm³/mol. The Balaban J connectivity index is 0. The molecule has 0 aromatic heterocycles. The van der Waals surface area contributed by atoms with Crippen molar-refractivity contribution in [3.8, 4) is 0 Å². The topological polar surface area (TPSA) is 49.5 Å². The van der Waals surface area contributed by atoms with E-state index in [-0.39, 0.29) is 31.4 Å². The molecule has 0 radical (unpaired) electrons. The molecular formula is C5H14Cl2N2O. The highest BCUT2D eigenvalue weighted by Gasteiger charge is 2.21. The van der Waals surface area contributed by atoms with E-state index in [0.29, 0.717) is 6.04 Å². The molecule has 0 amide bonds. The first-order valence-electron chi connectivity index (χ1n) is 2.91. The van der Waals surface area contributed by atoms with E-state index in [1.807, 2.05) is 0 Å². The fourth-order valence-corrected chi connectivity index (χ4v) is 0.934. The Kier molecular flexibility index (Phi) is 8.09. The fraction of sp³-hybridized carbons (Fsp3) is 1.00. The van der Waals surface area contributed by atoms with Crippen molar-refractivity contribution in [1.29, 1.82) is 0 Å². The Bertz CT molecular complexity index is 75.3. The molecule has 1 heterocycles. The maximum absolute atomic E-state index is 8.41. The SMILES string of the molecule is Cl.Cl.NC1CN(CCO)C1. The van der Waals surface area contributed by atoms with Crippen LogP contribution in [0.25, 0.3) is 0 Å². The normalized spacial score (nSPS) is 18.6. The summed E-state index contributed by atoms with van der Waals surface area (Å²) in [5.74, 6) is 0. The van der Waals surface area contributed by atoms with Crippen LogP contribution in [0.5, 0.6) is 0 Å².